The third-order valence-corrected chi connectivity index (χ3v) is 3.10. The minimum atomic E-state index is -1.92. The van der Waals surface area contributed by atoms with Crippen LogP contribution in [0.5, 0.6) is 0 Å². The largest absolute Gasteiger partial charge is 0.479 e. The van der Waals surface area contributed by atoms with Crippen molar-refractivity contribution in [3.8, 4) is 0 Å². The number of carbonyl (C=O) groups excluding carboxylic acids is 1. The smallest absolute Gasteiger partial charge is 0.337 e. The molecule has 3 unspecified atom stereocenters. The normalized spacial score (nSPS) is 26.6. The second-order valence-corrected chi connectivity index (χ2v) is 5.04. The first-order valence-corrected chi connectivity index (χ1v) is 6.19. The van der Waals surface area contributed by atoms with Gasteiger partial charge in [0.15, 0.2) is 5.60 Å². The number of aliphatic hydroxyl groups is 1. The maximum Gasteiger partial charge on any atom is 0.337 e. The molecule has 0 aromatic heterocycles. The predicted octanol–water partition coefficient (Wildman–Crippen LogP) is 0.286. The minimum Gasteiger partial charge on any atom is -0.479 e. The van der Waals surface area contributed by atoms with Crippen molar-refractivity contribution in [3.63, 3.8) is 0 Å². The van der Waals surface area contributed by atoms with E-state index >= 15 is 0 Å². The Morgan fingerprint density at radius 2 is 2.11 bits per heavy atom. The highest BCUT2D eigenvalue weighted by Gasteiger charge is 2.30. The molecule has 104 valence electrons. The Labute approximate surface area is 106 Å². The summed E-state index contributed by atoms with van der Waals surface area (Å²) in [6.07, 6.45) is 3.26. The Morgan fingerprint density at radius 1 is 1.44 bits per heavy atom. The molecule has 6 nitrogen and oxygen atoms in total. The monoisotopic (exact) mass is 259 g/mol. The molecule has 0 radical (unpaired) electrons. The molecular formula is C12H21NO5. The van der Waals surface area contributed by atoms with Crippen LogP contribution in [0, 0.1) is 0 Å². The quantitative estimate of drug-likeness (QED) is 0.637. The van der Waals surface area contributed by atoms with Crippen molar-refractivity contribution in [1.29, 1.82) is 0 Å². The number of carbonyl (C=O) groups is 2. The van der Waals surface area contributed by atoms with Gasteiger partial charge in [0, 0.05) is 6.42 Å². The van der Waals surface area contributed by atoms with Crippen LogP contribution in [0.1, 0.15) is 39.5 Å². The Bertz CT molecular complexity index is 316. The van der Waals surface area contributed by atoms with E-state index < -0.39 is 11.6 Å². The van der Waals surface area contributed by atoms with Crippen LogP contribution < -0.4 is 5.32 Å². The molecule has 3 N–H and O–H groups in total. The molecule has 0 saturated carbocycles. The molecule has 1 saturated heterocycles. The lowest BCUT2D eigenvalue weighted by Crippen LogP contribution is -2.46. The number of hydrogen-bond acceptors (Lipinski definition) is 4. The standard InChI is InChI=1S/C12H21NO5/c1-8-3-4-9(18-8)5-6-10(14)13-7-12(2,17)11(15)16/h8-9,17H,3-7H2,1-2H3,(H,13,14)(H,15,16). The van der Waals surface area contributed by atoms with Crippen molar-refractivity contribution >= 4 is 11.9 Å². The van der Waals surface area contributed by atoms with Crippen molar-refractivity contribution in [1.82, 2.24) is 5.32 Å². The van der Waals surface area contributed by atoms with E-state index in [1.54, 1.807) is 0 Å². The second-order valence-electron chi connectivity index (χ2n) is 5.04. The maximum atomic E-state index is 11.5. The van der Waals surface area contributed by atoms with Gasteiger partial charge in [-0.05, 0) is 33.1 Å². The van der Waals surface area contributed by atoms with Gasteiger partial charge in [-0.2, -0.15) is 0 Å². The predicted molar refractivity (Wildman–Crippen MR) is 64.1 cm³/mol. The van der Waals surface area contributed by atoms with E-state index in [0.717, 1.165) is 19.8 Å². The van der Waals surface area contributed by atoms with Crippen LogP contribution in [-0.2, 0) is 14.3 Å². The van der Waals surface area contributed by atoms with Crippen LogP contribution in [0.4, 0.5) is 0 Å². The Morgan fingerprint density at radius 3 is 2.61 bits per heavy atom. The van der Waals surface area contributed by atoms with E-state index in [-0.39, 0.29) is 31.1 Å². The van der Waals surface area contributed by atoms with Crippen LogP contribution >= 0.6 is 0 Å². The van der Waals surface area contributed by atoms with Crippen molar-refractivity contribution in [2.24, 2.45) is 0 Å². The summed E-state index contributed by atoms with van der Waals surface area (Å²) >= 11 is 0. The molecule has 0 bridgehead atoms. The van der Waals surface area contributed by atoms with Crippen LogP contribution in [0.15, 0.2) is 0 Å². The van der Waals surface area contributed by atoms with Gasteiger partial charge in [0.25, 0.3) is 0 Å². The van der Waals surface area contributed by atoms with E-state index in [4.69, 9.17) is 9.84 Å². The van der Waals surface area contributed by atoms with Gasteiger partial charge in [-0.3, -0.25) is 4.79 Å². The highest BCUT2D eigenvalue weighted by Crippen LogP contribution is 2.22. The number of rotatable bonds is 6. The lowest BCUT2D eigenvalue weighted by atomic mass is 10.1. The number of ether oxygens (including phenoxy) is 1. The van der Waals surface area contributed by atoms with Gasteiger partial charge < -0.3 is 20.3 Å². The van der Waals surface area contributed by atoms with E-state index in [0.29, 0.717) is 6.42 Å². The summed E-state index contributed by atoms with van der Waals surface area (Å²) in [5.41, 5.74) is -1.92. The number of carboxylic acid groups (broad SMARTS) is 1. The lowest BCUT2D eigenvalue weighted by Gasteiger charge is -2.18. The molecule has 6 heteroatoms. The summed E-state index contributed by atoms with van der Waals surface area (Å²) in [6, 6.07) is 0. The van der Waals surface area contributed by atoms with Crippen LogP contribution in [-0.4, -0.2) is 46.4 Å². The first-order chi connectivity index (χ1) is 8.31. The molecule has 1 rings (SSSR count). The third kappa shape index (κ3) is 4.62. The Balaban J connectivity index is 2.20. The fourth-order valence-corrected chi connectivity index (χ4v) is 1.82. The van der Waals surface area contributed by atoms with Gasteiger partial charge in [-0.15, -0.1) is 0 Å². The molecular weight excluding hydrogens is 238 g/mol. The van der Waals surface area contributed by atoms with Crippen LogP contribution in [0.2, 0.25) is 0 Å². The molecule has 0 aromatic rings. The third-order valence-electron chi connectivity index (χ3n) is 3.10. The zero-order valence-corrected chi connectivity index (χ0v) is 10.8. The van der Waals surface area contributed by atoms with Crippen molar-refractivity contribution < 1.29 is 24.5 Å². The first-order valence-electron chi connectivity index (χ1n) is 6.19. The number of nitrogens with one attached hydrogen (secondary N) is 1. The Kier molecular flexibility index (Phi) is 5.10. The summed E-state index contributed by atoms with van der Waals surface area (Å²) in [6.45, 7) is 2.87. The molecule has 0 aromatic carbocycles. The molecule has 1 aliphatic heterocycles. The average molecular weight is 259 g/mol. The van der Waals surface area contributed by atoms with Crippen LogP contribution in [0.3, 0.4) is 0 Å². The van der Waals surface area contributed by atoms with Gasteiger partial charge in [-0.1, -0.05) is 0 Å². The van der Waals surface area contributed by atoms with E-state index in [9.17, 15) is 14.7 Å². The molecule has 3 atom stereocenters. The lowest BCUT2D eigenvalue weighted by molar-refractivity contribution is -0.156. The van der Waals surface area contributed by atoms with E-state index in [1.165, 1.54) is 0 Å². The van der Waals surface area contributed by atoms with Crippen molar-refractivity contribution in [2.45, 2.75) is 57.3 Å². The molecule has 1 amide bonds. The highest BCUT2D eigenvalue weighted by molar-refractivity contribution is 5.80. The molecule has 0 aliphatic carbocycles. The average Bonchev–Trinajstić information content (AvgIpc) is 2.69. The van der Waals surface area contributed by atoms with Crippen molar-refractivity contribution in [2.75, 3.05) is 6.54 Å². The second kappa shape index (κ2) is 6.15. The minimum absolute atomic E-state index is 0.116. The van der Waals surface area contributed by atoms with Gasteiger partial charge in [-0.25, -0.2) is 4.79 Å². The van der Waals surface area contributed by atoms with Gasteiger partial charge in [0.1, 0.15) is 0 Å². The first kappa shape index (κ1) is 14.9. The number of aliphatic carboxylic acids is 1. The van der Waals surface area contributed by atoms with E-state index in [1.807, 2.05) is 6.92 Å². The fourth-order valence-electron chi connectivity index (χ4n) is 1.82. The van der Waals surface area contributed by atoms with Gasteiger partial charge in [0.05, 0.1) is 18.8 Å². The van der Waals surface area contributed by atoms with Gasteiger partial charge >= 0.3 is 5.97 Å². The topological polar surface area (TPSA) is 95.9 Å². The molecule has 1 aliphatic rings. The maximum absolute atomic E-state index is 11.5. The zero-order chi connectivity index (χ0) is 13.8. The van der Waals surface area contributed by atoms with Crippen molar-refractivity contribution in [3.05, 3.63) is 0 Å². The Hall–Kier alpha value is -1.14. The van der Waals surface area contributed by atoms with E-state index in [2.05, 4.69) is 5.32 Å². The van der Waals surface area contributed by atoms with Crippen LogP contribution in [0.25, 0.3) is 0 Å². The molecule has 18 heavy (non-hydrogen) atoms. The number of carboxylic acids is 1. The summed E-state index contributed by atoms with van der Waals surface area (Å²) < 4.78 is 5.57. The summed E-state index contributed by atoms with van der Waals surface area (Å²) in [5, 5.41) is 20.5. The summed E-state index contributed by atoms with van der Waals surface area (Å²) in [4.78, 5) is 22.1. The van der Waals surface area contributed by atoms with Gasteiger partial charge in [0.2, 0.25) is 5.91 Å². The summed E-state index contributed by atoms with van der Waals surface area (Å²) in [7, 11) is 0. The summed E-state index contributed by atoms with van der Waals surface area (Å²) in [5.74, 6) is -1.62. The fraction of sp³-hybridized carbons (Fsp3) is 0.833. The highest BCUT2D eigenvalue weighted by atomic mass is 16.5. The molecule has 1 fully saturated rings. The number of amides is 1. The molecule has 0 spiro atoms. The molecule has 1 heterocycles. The number of hydrogen-bond donors (Lipinski definition) is 3. The SMILES string of the molecule is CC1CCC(CCC(=O)NCC(C)(O)C(=O)O)O1. The zero-order valence-electron chi connectivity index (χ0n) is 10.8.